The van der Waals surface area contributed by atoms with E-state index in [1.54, 1.807) is 18.2 Å². The first-order chi connectivity index (χ1) is 8.06. The van der Waals surface area contributed by atoms with Gasteiger partial charge in [0.05, 0.1) is 31.0 Å². The SMILES string of the molecule is CC(C)Oc1cc(NC(CO)CO)ccc1N. The van der Waals surface area contributed by atoms with Crippen molar-refractivity contribution in [3.8, 4) is 5.75 Å². The van der Waals surface area contributed by atoms with Crippen molar-refractivity contribution in [3.63, 3.8) is 0 Å². The molecule has 0 fully saturated rings. The zero-order valence-corrected chi connectivity index (χ0v) is 10.2. The van der Waals surface area contributed by atoms with Crippen LogP contribution >= 0.6 is 0 Å². The fraction of sp³-hybridized carbons (Fsp3) is 0.500. The second-order valence-corrected chi connectivity index (χ2v) is 4.13. The summed E-state index contributed by atoms with van der Waals surface area (Å²) < 4.78 is 5.54. The van der Waals surface area contributed by atoms with Gasteiger partial charge >= 0.3 is 0 Å². The first-order valence-electron chi connectivity index (χ1n) is 5.61. The van der Waals surface area contributed by atoms with E-state index in [0.717, 1.165) is 5.69 Å². The standard InChI is InChI=1S/C12H20N2O3/c1-8(2)17-12-5-9(3-4-11(12)13)14-10(6-15)7-16/h3-5,8,10,14-16H,6-7,13H2,1-2H3. The Morgan fingerprint density at radius 2 is 1.94 bits per heavy atom. The summed E-state index contributed by atoms with van der Waals surface area (Å²) in [5.41, 5.74) is 7.10. The van der Waals surface area contributed by atoms with Crippen molar-refractivity contribution in [2.24, 2.45) is 0 Å². The monoisotopic (exact) mass is 240 g/mol. The molecule has 0 saturated carbocycles. The van der Waals surface area contributed by atoms with E-state index >= 15 is 0 Å². The van der Waals surface area contributed by atoms with Crippen molar-refractivity contribution in [3.05, 3.63) is 18.2 Å². The van der Waals surface area contributed by atoms with Crippen LogP contribution in [0.5, 0.6) is 5.75 Å². The number of aliphatic hydroxyl groups excluding tert-OH is 2. The molecule has 5 N–H and O–H groups in total. The van der Waals surface area contributed by atoms with Gasteiger partial charge in [0.25, 0.3) is 0 Å². The van der Waals surface area contributed by atoms with Crippen LogP contribution in [-0.4, -0.2) is 35.6 Å². The van der Waals surface area contributed by atoms with Gasteiger partial charge in [-0.15, -0.1) is 0 Å². The number of nitrogen functional groups attached to an aromatic ring is 1. The summed E-state index contributed by atoms with van der Waals surface area (Å²) in [5, 5.41) is 20.9. The summed E-state index contributed by atoms with van der Waals surface area (Å²) in [6, 6.07) is 4.88. The molecule has 96 valence electrons. The van der Waals surface area contributed by atoms with Crippen LogP contribution in [0.3, 0.4) is 0 Å². The van der Waals surface area contributed by atoms with Gasteiger partial charge in [0.2, 0.25) is 0 Å². The first kappa shape index (κ1) is 13.6. The highest BCUT2D eigenvalue weighted by Gasteiger charge is 2.08. The maximum Gasteiger partial charge on any atom is 0.144 e. The molecule has 1 aromatic carbocycles. The van der Waals surface area contributed by atoms with Crippen LogP contribution < -0.4 is 15.8 Å². The van der Waals surface area contributed by atoms with Gasteiger partial charge in [-0.1, -0.05) is 0 Å². The molecule has 0 heterocycles. The molecule has 0 atom stereocenters. The Morgan fingerprint density at radius 3 is 2.47 bits per heavy atom. The van der Waals surface area contributed by atoms with Gasteiger partial charge in [-0.25, -0.2) is 0 Å². The molecule has 0 amide bonds. The predicted molar refractivity (Wildman–Crippen MR) is 68.2 cm³/mol. The number of aliphatic hydroxyl groups is 2. The summed E-state index contributed by atoms with van der Waals surface area (Å²) in [6.07, 6.45) is 0.0408. The fourth-order valence-electron chi connectivity index (χ4n) is 1.36. The minimum Gasteiger partial charge on any atom is -0.489 e. The van der Waals surface area contributed by atoms with Gasteiger partial charge < -0.3 is 26.0 Å². The highest BCUT2D eigenvalue weighted by Crippen LogP contribution is 2.26. The van der Waals surface area contributed by atoms with Crippen molar-refractivity contribution in [2.75, 3.05) is 24.3 Å². The second-order valence-electron chi connectivity index (χ2n) is 4.13. The van der Waals surface area contributed by atoms with Crippen LogP contribution in [0.1, 0.15) is 13.8 Å². The number of nitrogens with one attached hydrogen (secondary N) is 1. The number of rotatable bonds is 6. The lowest BCUT2D eigenvalue weighted by atomic mass is 10.2. The van der Waals surface area contributed by atoms with E-state index in [-0.39, 0.29) is 25.4 Å². The Morgan fingerprint density at radius 1 is 1.29 bits per heavy atom. The average molecular weight is 240 g/mol. The Balaban J connectivity index is 2.80. The number of ether oxygens (including phenoxy) is 1. The zero-order valence-electron chi connectivity index (χ0n) is 10.2. The maximum absolute atomic E-state index is 8.98. The molecule has 17 heavy (non-hydrogen) atoms. The van der Waals surface area contributed by atoms with Crippen LogP contribution in [0, 0.1) is 0 Å². The van der Waals surface area contributed by atoms with E-state index in [4.69, 9.17) is 20.7 Å². The highest BCUT2D eigenvalue weighted by molar-refractivity contribution is 5.61. The zero-order chi connectivity index (χ0) is 12.8. The van der Waals surface area contributed by atoms with Crippen molar-refractivity contribution in [1.29, 1.82) is 0 Å². The van der Waals surface area contributed by atoms with E-state index in [9.17, 15) is 0 Å². The molecule has 0 aliphatic carbocycles. The van der Waals surface area contributed by atoms with Crippen LogP contribution in [0.15, 0.2) is 18.2 Å². The fourth-order valence-corrected chi connectivity index (χ4v) is 1.36. The largest absolute Gasteiger partial charge is 0.489 e. The van der Waals surface area contributed by atoms with Gasteiger partial charge in [0, 0.05) is 11.8 Å². The number of benzene rings is 1. The minimum absolute atomic E-state index is 0.0408. The summed E-state index contributed by atoms with van der Waals surface area (Å²) in [6.45, 7) is 3.57. The Hall–Kier alpha value is -1.46. The lowest BCUT2D eigenvalue weighted by Crippen LogP contribution is -2.27. The van der Waals surface area contributed by atoms with Crippen molar-refractivity contribution >= 4 is 11.4 Å². The predicted octanol–water partition coefficient (Wildman–Crippen LogP) is 0.821. The van der Waals surface area contributed by atoms with Gasteiger partial charge in [0.1, 0.15) is 5.75 Å². The van der Waals surface area contributed by atoms with Crippen molar-refractivity contribution in [1.82, 2.24) is 0 Å². The number of nitrogens with two attached hydrogens (primary N) is 1. The van der Waals surface area contributed by atoms with Crippen molar-refractivity contribution < 1.29 is 14.9 Å². The van der Waals surface area contributed by atoms with Crippen LogP contribution in [0.2, 0.25) is 0 Å². The third-order valence-corrected chi connectivity index (χ3v) is 2.19. The van der Waals surface area contributed by atoms with Crippen LogP contribution in [-0.2, 0) is 0 Å². The highest BCUT2D eigenvalue weighted by atomic mass is 16.5. The maximum atomic E-state index is 8.98. The normalized spacial score (nSPS) is 10.9. The van der Waals surface area contributed by atoms with E-state index in [1.165, 1.54) is 0 Å². The van der Waals surface area contributed by atoms with E-state index < -0.39 is 0 Å². The number of anilines is 2. The summed E-state index contributed by atoms with van der Waals surface area (Å²) in [7, 11) is 0. The number of hydrogen-bond donors (Lipinski definition) is 4. The third kappa shape index (κ3) is 4.13. The molecule has 1 rings (SSSR count). The molecule has 0 aliphatic rings. The molecule has 0 radical (unpaired) electrons. The van der Waals surface area contributed by atoms with Crippen LogP contribution in [0.25, 0.3) is 0 Å². The second kappa shape index (κ2) is 6.32. The molecule has 0 unspecified atom stereocenters. The quantitative estimate of drug-likeness (QED) is 0.553. The Kier molecular flexibility index (Phi) is 5.06. The first-order valence-corrected chi connectivity index (χ1v) is 5.61. The average Bonchev–Trinajstić information content (AvgIpc) is 2.29. The molecule has 1 aromatic rings. The Bertz CT molecular complexity index is 352. The van der Waals surface area contributed by atoms with Gasteiger partial charge in [-0.2, -0.15) is 0 Å². The Labute approximate surface area is 101 Å². The summed E-state index contributed by atoms with van der Waals surface area (Å²) in [5.74, 6) is 0.597. The van der Waals surface area contributed by atoms with E-state index in [2.05, 4.69) is 5.32 Å². The molecule has 5 nitrogen and oxygen atoms in total. The minimum atomic E-state index is -0.384. The summed E-state index contributed by atoms with van der Waals surface area (Å²) in [4.78, 5) is 0. The van der Waals surface area contributed by atoms with Gasteiger partial charge in [0.15, 0.2) is 0 Å². The topological polar surface area (TPSA) is 87.7 Å². The summed E-state index contributed by atoms with van der Waals surface area (Å²) >= 11 is 0. The number of hydrogen-bond acceptors (Lipinski definition) is 5. The van der Waals surface area contributed by atoms with E-state index in [0.29, 0.717) is 11.4 Å². The van der Waals surface area contributed by atoms with Gasteiger partial charge in [-0.05, 0) is 26.0 Å². The molecular formula is C12H20N2O3. The molecule has 0 aliphatic heterocycles. The molecule has 0 bridgehead atoms. The molecule has 0 aromatic heterocycles. The molecular weight excluding hydrogens is 220 g/mol. The molecule has 5 heteroatoms. The molecule has 0 saturated heterocycles. The smallest absolute Gasteiger partial charge is 0.144 e. The van der Waals surface area contributed by atoms with Crippen molar-refractivity contribution in [2.45, 2.75) is 26.0 Å². The third-order valence-electron chi connectivity index (χ3n) is 2.19. The molecule has 0 spiro atoms. The lowest BCUT2D eigenvalue weighted by molar-refractivity contribution is 0.203. The van der Waals surface area contributed by atoms with E-state index in [1.807, 2.05) is 13.8 Å². The van der Waals surface area contributed by atoms with Crippen LogP contribution in [0.4, 0.5) is 11.4 Å². The van der Waals surface area contributed by atoms with Gasteiger partial charge in [-0.3, -0.25) is 0 Å². The lowest BCUT2D eigenvalue weighted by Gasteiger charge is -2.17.